The first-order valence-corrected chi connectivity index (χ1v) is 13.4. The van der Waals surface area contributed by atoms with Crippen LogP contribution in [-0.4, -0.2) is 68.8 Å². The predicted molar refractivity (Wildman–Crippen MR) is 155 cm³/mol. The Morgan fingerprint density at radius 1 is 0.895 bits per heavy atom. The summed E-state index contributed by atoms with van der Waals surface area (Å²) in [5, 5.41) is 0. The second-order valence-electron chi connectivity index (χ2n) is 10.9. The molecule has 204 valence electrons. The quantitative estimate of drug-likeness (QED) is 0.401. The molecule has 0 radical (unpaired) electrons. The van der Waals surface area contributed by atoms with E-state index < -0.39 is 0 Å². The van der Waals surface area contributed by atoms with Crippen molar-refractivity contribution >= 4 is 0 Å². The van der Waals surface area contributed by atoms with Gasteiger partial charge in [-0.1, -0.05) is 48.5 Å². The lowest BCUT2D eigenvalue weighted by molar-refractivity contribution is 0.0769. The fourth-order valence-electron chi connectivity index (χ4n) is 5.37. The van der Waals surface area contributed by atoms with Gasteiger partial charge in [0.2, 0.25) is 0 Å². The van der Waals surface area contributed by atoms with Crippen LogP contribution in [0.4, 0.5) is 0 Å². The summed E-state index contributed by atoms with van der Waals surface area (Å²) in [6.07, 6.45) is 0.734. The highest BCUT2D eigenvalue weighted by Crippen LogP contribution is 2.37. The third kappa shape index (κ3) is 6.49. The third-order valence-corrected chi connectivity index (χ3v) is 7.74. The summed E-state index contributed by atoms with van der Waals surface area (Å²) >= 11 is 0. The van der Waals surface area contributed by atoms with Crippen LogP contribution in [0, 0.1) is 6.92 Å². The first-order valence-electron chi connectivity index (χ1n) is 13.4. The predicted octanol–water partition coefficient (Wildman–Crippen LogP) is 5.15. The molecule has 1 fully saturated rings. The Morgan fingerprint density at radius 3 is 2.11 bits per heavy atom. The Kier molecular flexibility index (Phi) is 8.98. The van der Waals surface area contributed by atoms with Gasteiger partial charge in [-0.3, -0.25) is 4.90 Å². The molecule has 1 aliphatic heterocycles. The fourth-order valence-corrected chi connectivity index (χ4v) is 5.37. The molecule has 0 aliphatic carbocycles. The van der Waals surface area contributed by atoms with E-state index in [1.807, 2.05) is 18.2 Å². The molecule has 2 N–H and O–H groups in total. The van der Waals surface area contributed by atoms with Gasteiger partial charge in [-0.25, -0.2) is 0 Å². The number of nitrogens with zero attached hydrogens (tertiary/aromatic N) is 2. The molecule has 1 saturated heterocycles. The molecule has 0 saturated carbocycles. The van der Waals surface area contributed by atoms with Crippen LogP contribution >= 0.6 is 0 Å². The molecule has 6 heteroatoms. The maximum atomic E-state index is 6.72. The van der Waals surface area contributed by atoms with E-state index in [2.05, 4.69) is 80.1 Å². The third-order valence-electron chi connectivity index (χ3n) is 7.74. The number of hydrogen-bond acceptors (Lipinski definition) is 6. The van der Waals surface area contributed by atoms with Gasteiger partial charge in [-0.2, -0.15) is 0 Å². The monoisotopic (exact) mass is 517 g/mol. The molecule has 0 aromatic heterocycles. The lowest BCUT2D eigenvalue weighted by Gasteiger charge is -2.44. The summed E-state index contributed by atoms with van der Waals surface area (Å²) in [7, 11) is 5.58. The first kappa shape index (κ1) is 28.0. The van der Waals surface area contributed by atoms with Gasteiger partial charge >= 0.3 is 0 Å². The van der Waals surface area contributed by atoms with Crippen molar-refractivity contribution < 1.29 is 14.2 Å². The molecule has 6 nitrogen and oxygen atoms in total. The molecule has 1 heterocycles. The van der Waals surface area contributed by atoms with E-state index in [0.29, 0.717) is 6.61 Å². The normalized spacial score (nSPS) is 15.8. The van der Waals surface area contributed by atoms with Crippen molar-refractivity contribution in [3.8, 4) is 28.4 Å². The minimum Gasteiger partial charge on any atom is -0.496 e. The lowest BCUT2D eigenvalue weighted by Crippen LogP contribution is -2.60. The molecule has 3 aromatic rings. The number of likely N-dealkylation sites (N-methyl/N-ethyl adjacent to an activating group) is 1. The molecule has 0 amide bonds. The zero-order valence-electron chi connectivity index (χ0n) is 23.8. The van der Waals surface area contributed by atoms with Gasteiger partial charge in [0.25, 0.3) is 0 Å². The molecule has 4 rings (SSSR count). The number of benzene rings is 3. The van der Waals surface area contributed by atoms with Crippen LogP contribution in [0.25, 0.3) is 11.1 Å². The fraction of sp³-hybridized carbons (Fsp3) is 0.438. The molecular formula is C32H43N3O3. The van der Waals surface area contributed by atoms with Crippen LogP contribution < -0.4 is 19.9 Å². The second kappa shape index (κ2) is 12.2. The largest absolute Gasteiger partial charge is 0.496 e. The number of rotatable bonds is 10. The van der Waals surface area contributed by atoms with Gasteiger partial charge in [0, 0.05) is 55.5 Å². The van der Waals surface area contributed by atoms with E-state index in [4.69, 9.17) is 19.9 Å². The molecule has 1 unspecified atom stereocenters. The summed E-state index contributed by atoms with van der Waals surface area (Å²) < 4.78 is 18.0. The average molecular weight is 518 g/mol. The molecule has 0 spiro atoms. The van der Waals surface area contributed by atoms with Crippen molar-refractivity contribution in [3.05, 3.63) is 77.4 Å². The van der Waals surface area contributed by atoms with Crippen molar-refractivity contribution in [2.75, 3.05) is 47.4 Å². The number of nitrogens with two attached hydrogens (primary N) is 1. The number of hydrogen-bond donors (Lipinski definition) is 1. The highest BCUT2D eigenvalue weighted by molar-refractivity contribution is 5.68. The topological polar surface area (TPSA) is 60.2 Å². The Balaban J connectivity index is 1.57. The van der Waals surface area contributed by atoms with Crippen molar-refractivity contribution in [3.63, 3.8) is 0 Å². The van der Waals surface area contributed by atoms with Crippen molar-refractivity contribution in [2.45, 2.75) is 45.4 Å². The molecule has 0 bridgehead atoms. The van der Waals surface area contributed by atoms with Gasteiger partial charge in [0.15, 0.2) is 0 Å². The summed E-state index contributed by atoms with van der Waals surface area (Å²) in [5.74, 6) is 2.24. The van der Waals surface area contributed by atoms with E-state index in [1.165, 1.54) is 16.7 Å². The first-order chi connectivity index (χ1) is 18.2. The number of methoxy groups -OCH3 is 2. The highest BCUT2D eigenvalue weighted by atomic mass is 16.5. The Bertz CT molecular complexity index is 1170. The van der Waals surface area contributed by atoms with Crippen LogP contribution in [0.5, 0.6) is 17.2 Å². The summed E-state index contributed by atoms with van der Waals surface area (Å²) in [5.41, 5.74) is 12.1. The Hall–Kier alpha value is -3.06. The van der Waals surface area contributed by atoms with E-state index in [1.54, 1.807) is 14.2 Å². The Labute approximate surface area is 228 Å². The highest BCUT2D eigenvalue weighted by Gasteiger charge is 2.34. The smallest absolute Gasteiger partial charge is 0.129 e. The van der Waals surface area contributed by atoms with Crippen molar-refractivity contribution in [2.24, 2.45) is 5.73 Å². The van der Waals surface area contributed by atoms with Crippen LogP contribution in [0.1, 0.15) is 30.5 Å². The standard InChI is InChI=1S/C32H43N3O3/c1-23-25(13-10-14-27(23)24-11-8-7-9-12-24)22-38-26-19-29(36-5)28(30(20-26)37-6)21-31(32(2,3)33)35-17-15-34(4)16-18-35/h7-14,19-20,31H,15-18,21-22,33H2,1-6H3. The van der Waals surface area contributed by atoms with Gasteiger partial charge in [-0.05, 0) is 56.5 Å². The number of piperazine rings is 1. The molecular weight excluding hydrogens is 474 g/mol. The lowest BCUT2D eigenvalue weighted by atomic mass is 9.87. The van der Waals surface area contributed by atoms with Gasteiger partial charge in [0.1, 0.15) is 23.9 Å². The zero-order valence-corrected chi connectivity index (χ0v) is 23.8. The maximum Gasteiger partial charge on any atom is 0.129 e. The average Bonchev–Trinajstić information content (AvgIpc) is 2.91. The van der Waals surface area contributed by atoms with Crippen molar-refractivity contribution in [1.82, 2.24) is 9.80 Å². The number of ether oxygens (including phenoxy) is 3. The minimum atomic E-state index is -0.387. The van der Waals surface area contributed by atoms with Crippen LogP contribution in [0.2, 0.25) is 0 Å². The Morgan fingerprint density at radius 2 is 1.53 bits per heavy atom. The van der Waals surface area contributed by atoms with Crippen LogP contribution in [0.15, 0.2) is 60.7 Å². The molecule has 3 aromatic carbocycles. The second-order valence-corrected chi connectivity index (χ2v) is 10.9. The zero-order chi connectivity index (χ0) is 27.3. The SMILES string of the molecule is COc1cc(OCc2cccc(-c3ccccc3)c2C)cc(OC)c1CC(N1CCN(C)CC1)C(C)(C)N. The maximum absolute atomic E-state index is 6.72. The van der Waals surface area contributed by atoms with Gasteiger partial charge in [0.05, 0.1) is 14.2 Å². The molecule has 1 aliphatic rings. The van der Waals surface area contributed by atoms with Gasteiger partial charge < -0.3 is 24.8 Å². The summed E-state index contributed by atoms with van der Waals surface area (Å²) in [6.45, 7) is 10.9. The van der Waals surface area contributed by atoms with Crippen LogP contribution in [0.3, 0.4) is 0 Å². The molecule has 38 heavy (non-hydrogen) atoms. The van der Waals surface area contributed by atoms with Crippen molar-refractivity contribution in [1.29, 1.82) is 0 Å². The van der Waals surface area contributed by atoms with Gasteiger partial charge in [-0.15, -0.1) is 0 Å². The molecule has 1 atom stereocenters. The van der Waals surface area contributed by atoms with E-state index in [-0.39, 0.29) is 11.6 Å². The van der Waals surface area contributed by atoms with E-state index >= 15 is 0 Å². The van der Waals surface area contributed by atoms with E-state index in [9.17, 15) is 0 Å². The minimum absolute atomic E-state index is 0.147. The summed E-state index contributed by atoms with van der Waals surface area (Å²) in [4.78, 5) is 4.87. The van der Waals surface area contributed by atoms with E-state index in [0.717, 1.165) is 61.0 Å². The summed E-state index contributed by atoms with van der Waals surface area (Å²) in [6, 6.07) is 20.9. The van der Waals surface area contributed by atoms with Crippen LogP contribution in [-0.2, 0) is 13.0 Å².